The van der Waals surface area contributed by atoms with Crippen LogP contribution in [0.2, 0.25) is 0 Å². The molecule has 0 aromatic heterocycles. The molecule has 2 aliphatic rings. The zero-order valence-electron chi connectivity index (χ0n) is 12.0. The van der Waals surface area contributed by atoms with Crippen LogP contribution in [0.3, 0.4) is 0 Å². The molecule has 0 amide bonds. The fourth-order valence-electron chi connectivity index (χ4n) is 3.78. The summed E-state index contributed by atoms with van der Waals surface area (Å²) < 4.78 is 5.64. The van der Waals surface area contributed by atoms with Gasteiger partial charge in [-0.05, 0) is 47.6 Å². The van der Waals surface area contributed by atoms with Gasteiger partial charge in [-0.2, -0.15) is 0 Å². The first-order chi connectivity index (χ1) is 9.80. The lowest BCUT2D eigenvalue weighted by Crippen LogP contribution is -2.28. The third kappa shape index (κ3) is 2.76. The lowest BCUT2D eigenvalue weighted by molar-refractivity contribution is 0.0686. The first-order valence-corrected chi connectivity index (χ1v) is 7.48. The Kier molecular flexibility index (Phi) is 4.13. The van der Waals surface area contributed by atoms with Crippen LogP contribution >= 0.6 is 0 Å². The van der Waals surface area contributed by atoms with Gasteiger partial charge in [-0.15, -0.1) is 4.91 Å². The second-order valence-electron chi connectivity index (χ2n) is 6.08. The van der Waals surface area contributed by atoms with E-state index in [1.54, 1.807) is 19.2 Å². The molecule has 108 valence electrons. The van der Waals surface area contributed by atoms with E-state index >= 15 is 0 Å². The first-order valence-electron chi connectivity index (χ1n) is 7.48. The molecule has 1 saturated heterocycles. The molecule has 1 heterocycles. The summed E-state index contributed by atoms with van der Waals surface area (Å²) in [4.78, 5) is 13.0. The van der Waals surface area contributed by atoms with Crippen molar-refractivity contribution in [1.29, 1.82) is 0 Å². The summed E-state index contributed by atoms with van der Waals surface area (Å²) in [6, 6.07) is 7.41. The van der Waals surface area contributed by atoms with Crippen molar-refractivity contribution >= 4 is 5.69 Å². The van der Waals surface area contributed by atoms with Crippen molar-refractivity contribution in [2.45, 2.75) is 25.4 Å². The fraction of sp³-hybridized carbons (Fsp3) is 0.625. The molecule has 0 spiro atoms. The van der Waals surface area contributed by atoms with Crippen LogP contribution in [0.5, 0.6) is 0 Å². The monoisotopic (exact) mass is 274 g/mol. The maximum Gasteiger partial charge on any atom is 0.108 e. The van der Waals surface area contributed by atoms with Gasteiger partial charge in [0.2, 0.25) is 0 Å². The summed E-state index contributed by atoms with van der Waals surface area (Å²) in [5, 5.41) is 2.94. The zero-order valence-corrected chi connectivity index (χ0v) is 12.0. The minimum Gasteiger partial charge on any atom is -0.375 e. The SMILES string of the molecule is COC(CN1CC2CCCC2C1)c1ccc(N=O)cc1. The number of ether oxygens (including phenoxy) is 1. The summed E-state index contributed by atoms with van der Waals surface area (Å²) >= 11 is 0. The Morgan fingerprint density at radius 2 is 1.90 bits per heavy atom. The lowest BCUT2D eigenvalue weighted by Gasteiger charge is -2.23. The quantitative estimate of drug-likeness (QED) is 0.772. The number of nitrogens with zero attached hydrogens (tertiary/aromatic N) is 2. The van der Waals surface area contributed by atoms with E-state index in [0.717, 1.165) is 23.9 Å². The van der Waals surface area contributed by atoms with Gasteiger partial charge in [0.1, 0.15) is 5.69 Å². The van der Waals surface area contributed by atoms with Gasteiger partial charge in [-0.3, -0.25) is 4.90 Å². The lowest BCUT2D eigenvalue weighted by atomic mass is 10.0. The van der Waals surface area contributed by atoms with Crippen molar-refractivity contribution < 1.29 is 4.74 Å². The van der Waals surface area contributed by atoms with Gasteiger partial charge < -0.3 is 4.74 Å². The second-order valence-corrected chi connectivity index (χ2v) is 6.08. The molecule has 4 nitrogen and oxygen atoms in total. The fourth-order valence-corrected chi connectivity index (χ4v) is 3.78. The molecule has 1 aliphatic carbocycles. The molecule has 1 saturated carbocycles. The number of nitroso groups, excluding NO2 is 1. The van der Waals surface area contributed by atoms with E-state index in [-0.39, 0.29) is 6.10 Å². The van der Waals surface area contributed by atoms with E-state index < -0.39 is 0 Å². The summed E-state index contributed by atoms with van der Waals surface area (Å²) in [6.45, 7) is 3.38. The maximum atomic E-state index is 10.5. The molecular weight excluding hydrogens is 252 g/mol. The van der Waals surface area contributed by atoms with Crippen molar-refractivity contribution in [3.05, 3.63) is 34.7 Å². The van der Waals surface area contributed by atoms with Crippen LogP contribution in [-0.2, 0) is 4.74 Å². The average Bonchev–Trinajstić information content (AvgIpc) is 3.06. The predicted molar refractivity (Wildman–Crippen MR) is 78.9 cm³/mol. The third-order valence-corrected chi connectivity index (χ3v) is 4.88. The van der Waals surface area contributed by atoms with Gasteiger partial charge in [-0.25, -0.2) is 0 Å². The van der Waals surface area contributed by atoms with E-state index in [1.807, 2.05) is 12.1 Å². The number of methoxy groups -OCH3 is 1. The number of benzene rings is 1. The number of rotatable bonds is 5. The van der Waals surface area contributed by atoms with E-state index in [2.05, 4.69) is 10.1 Å². The van der Waals surface area contributed by atoms with Crippen LogP contribution in [0.4, 0.5) is 5.69 Å². The van der Waals surface area contributed by atoms with Gasteiger partial charge in [0.15, 0.2) is 0 Å². The second kappa shape index (κ2) is 6.02. The maximum absolute atomic E-state index is 10.5. The predicted octanol–water partition coefficient (Wildman–Crippen LogP) is 3.50. The normalized spacial score (nSPS) is 27.4. The Balaban J connectivity index is 1.63. The molecule has 20 heavy (non-hydrogen) atoms. The summed E-state index contributed by atoms with van der Waals surface area (Å²) in [6.07, 6.45) is 4.29. The van der Waals surface area contributed by atoms with Gasteiger partial charge >= 0.3 is 0 Å². The van der Waals surface area contributed by atoms with Gasteiger partial charge in [0.25, 0.3) is 0 Å². The Morgan fingerprint density at radius 1 is 1.25 bits per heavy atom. The number of hydrogen-bond donors (Lipinski definition) is 0. The smallest absolute Gasteiger partial charge is 0.108 e. The van der Waals surface area contributed by atoms with E-state index in [0.29, 0.717) is 5.69 Å². The van der Waals surface area contributed by atoms with Crippen LogP contribution in [0.1, 0.15) is 30.9 Å². The molecule has 1 aliphatic heterocycles. The van der Waals surface area contributed by atoms with Crippen LogP contribution in [0.15, 0.2) is 29.4 Å². The molecule has 3 unspecified atom stereocenters. The van der Waals surface area contributed by atoms with Crippen molar-refractivity contribution in [1.82, 2.24) is 4.90 Å². The Morgan fingerprint density at radius 3 is 2.45 bits per heavy atom. The zero-order chi connectivity index (χ0) is 13.9. The van der Waals surface area contributed by atoms with Crippen molar-refractivity contribution in [2.24, 2.45) is 17.0 Å². The Bertz CT molecular complexity index is 448. The molecule has 0 N–H and O–H groups in total. The van der Waals surface area contributed by atoms with E-state index in [9.17, 15) is 4.91 Å². The summed E-state index contributed by atoms with van der Waals surface area (Å²) in [5.41, 5.74) is 1.59. The Hall–Kier alpha value is -1.26. The molecule has 3 rings (SSSR count). The number of likely N-dealkylation sites (tertiary alicyclic amines) is 1. The molecule has 0 radical (unpaired) electrons. The summed E-state index contributed by atoms with van der Waals surface area (Å²) in [5.74, 6) is 1.82. The van der Waals surface area contributed by atoms with Crippen molar-refractivity contribution in [3.63, 3.8) is 0 Å². The van der Waals surface area contributed by atoms with Gasteiger partial charge in [0.05, 0.1) is 6.10 Å². The number of hydrogen-bond acceptors (Lipinski definition) is 4. The minimum absolute atomic E-state index is 0.0783. The van der Waals surface area contributed by atoms with E-state index in [4.69, 9.17) is 4.74 Å². The molecule has 4 heteroatoms. The van der Waals surface area contributed by atoms with Crippen molar-refractivity contribution in [3.8, 4) is 0 Å². The van der Waals surface area contributed by atoms with Gasteiger partial charge in [0, 0.05) is 26.7 Å². The van der Waals surface area contributed by atoms with Crippen LogP contribution in [-0.4, -0.2) is 31.6 Å². The Labute approximate surface area is 120 Å². The third-order valence-electron chi connectivity index (χ3n) is 4.88. The van der Waals surface area contributed by atoms with Gasteiger partial charge in [-0.1, -0.05) is 18.6 Å². The molecule has 1 aromatic carbocycles. The molecule has 2 fully saturated rings. The molecular formula is C16H22N2O2. The van der Waals surface area contributed by atoms with Crippen LogP contribution in [0, 0.1) is 16.7 Å². The first kappa shape index (κ1) is 13.7. The highest BCUT2D eigenvalue weighted by molar-refractivity contribution is 5.39. The highest BCUT2D eigenvalue weighted by Crippen LogP contribution is 2.38. The van der Waals surface area contributed by atoms with Crippen LogP contribution in [0.25, 0.3) is 0 Å². The standard InChI is InChI=1S/C16H22N2O2/c1-20-16(12-5-7-15(17-19)8-6-12)11-18-9-13-3-2-4-14(13)10-18/h5-8,13-14,16H,2-4,9-11H2,1H3. The minimum atomic E-state index is 0.0783. The molecule has 0 bridgehead atoms. The highest BCUT2D eigenvalue weighted by atomic mass is 16.5. The van der Waals surface area contributed by atoms with E-state index in [1.165, 1.54) is 32.4 Å². The number of fused-ring (bicyclic) bond motifs is 1. The van der Waals surface area contributed by atoms with Crippen molar-refractivity contribution in [2.75, 3.05) is 26.7 Å². The summed E-state index contributed by atoms with van der Waals surface area (Å²) in [7, 11) is 1.76. The topological polar surface area (TPSA) is 41.9 Å². The average molecular weight is 274 g/mol. The van der Waals surface area contributed by atoms with Crippen LogP contribution < -0.4 is 0 Å². The highest BCUT2D eigenvalue weighted by Gasteiger charge is 2.36. The largest absolute Gasteiger partial charge is 0.375 e. The molecule has 3 atom stereocenters. The molecule has 1 aromatic rings.